The molecular weight excluding hydrogens is 274 g/mol. The van der Waals surface area contributed by atoms with Crippen LogP contribution in [0.5, 0.6) is 0 Å². The van der Waals surface area contributed by atoms with Crippen molar-refractivity contribution >= 4 is 17.2 Å². The molecule has 20 heavy (non-hydrogen) atoms. The topological polar surface area (TPSA) is 45.7 Å². The summed E-state index contributed by atoms with van der Waals surface area (Å²) in [5.41, 5.74) is 0. The van der Waals surface area contributed by atoms with Gasteiger partial charge in [0.05, 0.1) is 12.6 Å². The van der Waals surface area contributed by atoms with Crippen LogP contribution in [0.1, 0.15) is 24.3 Å². The molecule has 0 unspecified atom stereocenters. The summed E-state index contributed by atoms with van der Waals surface area (Å²) in [6.07, 6.45) is 4.71. The highest BCUT2D eigenvalue weighted by atomic mass is 32.1. The van der Waals surface area contributed by atoms with E-state index in [9.17, 15) is 4.79 Å². The lowest BCUT2D eigenvalue weighted by Crippen LogP contribution is -2.47. The Kier molecular flexibility index (Phi) is 4.05. The van der Waals surface area contributed by atoms with Crippen molar-refractivity contribution in [3.63, 3.8) is 0 Å². The van der Waals surface area contributed by atoms with Crippen molar-refractivity contribution < 1.29 is 9.53 Å². The normalized spacial score (nSPS) is 30.2. The smallest absolute Gasteiger partial charge is 0.251 e. The molecule has 1 amide bonds. The zero-order valence-electron chi connectivity index (χ0n) is 12.0. The molecule has 0 aliphatic carbocycles. The number of thiazole rings is 1. The molecule has 0 N–H and O–H groups in total. The highest BCUT2D eigenvalue weighted by Gasteiger charge is 2.42. The molecule has 3 heterocycles. The number of ether oxygens (including phenoxy) is 1. The van der Waals surface area contributed by atoms with E-state index in [0.29, 0.717) is 6.04 Å². The van der Waals surface area contributed by atoms with Gasteiger partial charge in [0.15, 0.2) is 0 Å². The molecule has 1 aromatic heterocycles. The molecule has 5 nitrogen and oxygen atoms in total. The van der Waals surface area contributed by atoms with E-state index in [-0.39, 0.29) is 18.1 Å². The van der Waals surface area contributed by atoms with Gasteiger partial charge < -0.3 is 9.64 Å². The third-order valence-electron chi connectivity index (χ3n) is 4.20. The molecule has 0 spiro atoms. The van der Waals surface area contributed by atoms with Crippen LogP contribution in [0.2, 0.25) is 0 Å². The fourth-order valence-corrected chi connectivity index (χ4v) is 3.83. The standard InChI is InChI=1S/C14H21N3O2S/c1-16(2)14(18)12-4-3-10-11(19-12)5-7-17(10)9-13-15-6-8-20-13/h6,8,10-12H,3-5,7,9H2,1-2H3/t10-,11-,12-/m0/s1. The van der Waals surface area contributed by atoms with E-state index in [1.54, 1.807) is 30.3 Å². The van der Waals surface area contributed by atoms with Crippen LogP contribution in [0.4, 0.5) is 0 Å². The van der Waals surface area contributed by atoms with E-state index in [4.69, 9.17) is 4.74 Å². The van der Waals surface area contributed by atoms with E-state index >= 15 is 0 Å². The fourth-order valence-electron chi connectivity index (χ4n) is 3.19. The third kappa shape index (κ3) is 2.73. The largest absolute Gasteiger partial charge is 0.363 e. The summed E-state index contributed by atoms with van der Waals surface area (Å²) in [6, 6.07) is 0.449. The second kappa shape index (κ2) is 5.79. The van der Waals surface area contributed by atoms with Gasteiger partial charge in [-0.2, -0.15) is 0 Å². The quantitative estimate of drug-likeness (QED) is 0.844. The number of carbonyl (C=O) groups is 1. The monoisotopic (exact) mass is 295 g/mol. The van der Waals surface area contributed by atoms with E-state index in [2.05, 4.69) is 9.88 Å². The van der Waals surface area contributed by atoms with Gasteiger partial charge in [-0.3, -0.25) is 9.69 Å². The summed E-state index contributed by atoms with van der Waals surface area (Å²) in [5, 5.41) is 3.18. The van der Waals surface area contributed by atoms with E-state index in [1.165, 1.54) is 0 Å². The zero-order valence-corrected chi connectivity index (χ0v) is 12.8. The molecule has 6 heteroatoms. The summed E-state index contributed by atoms with van der Waals surface area (Å²) >= 11 is 1.70. The number of hydrogen-bond donors (Lipinski definition) is 0. The predicted octanol–water partition coefficient (Wildman–Crippen LogP) is 1.35. The van der Waals surface area contributed by atoms with Crippen molar-refractivity contribution in [3.05, 3.63) is 16.6 Å². The Balaban J connectivity index is 1.60. The molecule has 0 aromatic carbocycles. The highest BCUT2D eigenvalue weighted by molar-refractivity contribution is 7.09. The Bertz CT molecular complexity index is 463. The van der Waals surface area contributed by atoms with Crippen LogP contribution in [0.25, 0.3) is 0 Å². The van der Waals surface area contributed by atoms with Gasteiger partial charge in [0.1, 0.15) is 11.1 Å². The first-order valence-electron chi connectivity index (χ1n) is 7.14. The molecule has 0 radical (unpaired) electrons. The second-order valence-electron chi connectivity index (χ2n) is 5.73. The second-order valence-corrected chi connectivity index (χ2v) is 6.70. The summed E-state index contributed by atoms with van der Waals surface area (Å²) in [5.74, 6) is 0.0989. The van der Waals surface area contributed by atoms with Gasteiger partial charge in [-0.25, -0.2) is 4.98 Å². The van der Waals surface area contributed by atoms with Crippen LogP contribution < -0.4 is 0 Å². The van der Waals surface area contributed by atoms with E-state index in [0.717, 1.165) is 37.4 Å². The molecule has 0 bridgehead atoms. The molecule has 110 valence electrons. The van der Waals surface area contributed by atoms with Gasteiger partial charge in [0, 0.05) is 38.3 Å². The molecule has 2 saturated heterocycles. The number of amides is 1. The van der Waals surface area contributed by atoms with Crippen molar-refractivity contribution in [2.45, 2.75) is 44.1 Å². The van der Waals surface area contributed by atoms with Gasteiger partial charge in [-0.05, 0) is 19.3 Å². The number of carbonyl (C=O) groups excluding carboxylic acids is 1. The van der Waals surface area contributed by atoms with E-state index in [1.807, 2.05) is 11.6 Å². The van der Waals surface area contributed by atoms with Crippen molar-refractivity contribution in [1.29, 1.82) is 0 Å². The van der Waals surface area contributed by atoms with E-state index < -0.39 is 0 Å². The molecule has 3 atom stereocenters. The van der Waals surface area contributed by atoms with Crippen LogP contribution in [0.3, 0.4) is 0 Å². The predicted molar refractivity (Wildman–Crippen MR) is 77.5 cm³/mol. The average molecular weight is 295 g/mol. The van der Waals surface area contributed by atoms with Gasteiger partial charge in [0.2, 0.25) is 0 Å². The number of aromatic nitrogens is 1. The van der Waals surface area contributed by atoms with Crippen LogP contribution in [-0.2, 0) is 16.1 Å². The molecule has 2 fully saturated rings. The molecule has 2 aliphatic rings. The number of nitrogens with zero attached hydrogens (tertiary/aromatic N) is 3. The Morgan fingerprint density at radius 1 is 1.50 bits per heavy atom. The maximum Gasteiger partial charge on any atom is 0.251 e. The number of hydrogen-bond acceptors (Lipinski definition) is 5. The number of rotatable bonds is 3. The lowest BCUT2D eigenvalue weighted by atomic mass is 9.98. The maximum absolute atomic E-state index is 12.0. The van der Waals surface area contributed by atoms with Crippen molar-refractivity contribution in [2.75, 3.05) is 20.6 Å². The summed E-state index contributed by atoms with van der Waals surface area (Å²) in [7, 11) is 3.59. The van der Waals surface area contributed by atoms with Crippen LogP contribution in [0.15, 0.2) is 11.6 Å². The highest BCUT2D eigenvalue weighted by Crippen LogP contribution is 2.33. The van der Waals surface area contributed by atoms with Crippen LogP contribution in [-0.4, -0.2) is 59.6 Å². The van der Waals surface area contributed by atoms with Crippen molar-refractivity contribution in [1.82, 2.24) is 14.8 Å². The maximum atomic E-state index is 12.0. The first-order chi connectivity index (χ1) is 9.65. The average Bonchev–Trinajstić information content (AvgIpc) is 3.08. The Morgan fingerprint density at radius 2 is 2.35 bits per heavy atom. The molecular formula is C14H21N3O2S. The van der Waals surface area contributed by atoms with Crippen molar-refractivity contribution in [3.8, 4) is 0 Å². The fraction of sp³-hybridized carbons (Fsp3) is 0.714. The zero-order chi connectivity index (χ0) is 14.1. The van der Waals surface area contributed by atoms with Crippen LogP contribution >= 0.6 is 11.3 Å². The molecule has 0 saturated carbocycles. The van der Waals surface area contributed by atoms with Crippen molar-refractivity contribution in [2.24, 2.45) is 0 Å². The van der Waals surface area contributed by atoms with Gasteiger partial charge in [-0.1, -0.05) is 0 Å². The third-order valence-corrected chi connectivity index (χ3v) is 4.97. The number of fused-ring (bicyclic) bond motifs is 1. The molecule has 3 rings (SSSR count). The van der Waals surface area contributed by atoms with Crippen LogP contribution in [0, 0.1) is 0 Å². The number of likely N-dealkylation sites (tertiary alicyclic amines) is 1. The first kappa shape index (κ1) is 14.0. The van der Waals surface area contributed by atoms with Gasteiger partial charge in [0.25, 0.3) is 5.91 Å². The lowest BCUT2D eigenvalue weighted by Gasteiger charge is -2.36. The lowest BCUT2D eigenvalue weighted by molar-refractivity contribution is -0.152. The van der Waals surface area contributed by atoms with Gasteiger partial charge in [-0.15, -0.1) is 11.3 Å². The number of likely N-dealkylation sites (N-methyl/N-ethyl adjacent to an activating group) is 1. The molecule has 1 aromatic rings. The summed E-state index contributed by atoms with van der Waals surface area (Å²) < 4.78 is 6.03. The Labute approximate surface area is 123 Å². The minimum Gasteiger partial charge on any atom is -0.363 e. The first-order valence-corrected chi connectivity index (χ1v) is 8.02. The minimum atomic E-state index is -0.244. The SMILES string of the molecule is CN(C)C(=O)[C@@H]1CC[C@H]2[C@H](CCN2Cc2nccs2)O1. The molecule has 2 aliphatic heterocycles. The summed E-state index contributed by atoms with van der Waals surface area (Å²) in [4.78, 5) is 20.5. The summed E-state index contributed by atoms with van der Waals surface area (Å²) in [6.45, 7) is 1.95. The van der Waals surface area contributed by atoms with Gasteiger partial charge >= 0.3 is 0 Å². The Hall–Kier alpha value is -0.980. The minimum absolute atomic E-state index is 0.0989. The Morgan fingerprint density at radius 3 is 3.05 bits per heavy atom.